The molecule has 0 amide bonds. The molecule has 1 saturated heterocycles. The van der Waals surface area contributed by atoms with Crippen LogP contribution in [0.15, 0.2) is 47.8 Å². The van der Waals surface area contributed by atoms with E-state index in [0.717, 1.165) is 55.7 Å². The van der Waals surface area contributed by atoms with Gasteiger partial charge in [0.2, 0.25) is 0 Å². The smallest absolute Gasteiger partial charge is 0.254 e. The molecular weight excluding hydrogens is 350 g/mol. The third-order valence-electron chi connectivity index (χ3n) is 6.03. The molecule has 0 saturated carbocycles. The minimum absolute atomic E-state index is 0.0287. The molecule has 2 aliphatic rings. The molecule has 6 nitrogen and oxygen atoms in total. The predicted molar refractivity (Wildman–Crippen MR) is 108 cm³/mol. The fraction of sp³-hybridized carbons (Fsp3) is 0.409. The highest BCUT2D eigenvalue weighted by Gasteiger charge is 2.24. The molecule has 6 heteroatoms. The molecule has 1 unspecified atom stereocenters. The number of aromatic amines is 1. The molecule has 2 aromatic heterocycles. The van der Waals surface area contributed by atoms with Gasteiger partial charge >= 0.3 is 0 Å². The number of benzene rings is 1. The summed E-state index contributed by atoms with van der Waals surface area (Å²) >= 11 is 0. The van der Waals surface area contributed by atoms with Gasteiger partial charge in [-0.3, -0.25) is 9.69 Å². The summed E-state index contributed by atoms with van der Waals surface area (Å²) in [6.45, 7) is 3.09. The van der Waals surface area contributed by atoms with Crippen LogP contribution in [0.25, 0.3) is 11.4 Å². The molecule has 28 heavy (non-hydrogen) atoms. The van der Waals surface area contributed by atoms with Gasteiger partial charge in [-0.05, 0) is 44.2 Å². The maximum Gasteiger partial charge on any atom is 0.254 e. The molecule has 1 aliphatic carbocycles. The van der Waals surface area contributed by atoms with Crippen molar-refractivity contribution < 1.29 is 0 Å². The SMILES string of the molecule is O=c1[nH]c(-c2ccc(CN3CCCC3Cn3ccnc3)cc2)nc2c1CCC2. The van der Waals surface area contributed by atoms with E-state index < -0.39 is 0 Å². The summed E-state index contributed by atoms with van der Waals surface area (Å²) in [5, 5.41) is 0. The lowest BCUT2D eigenvalue weighted by molar-refractivity contribution is 0.224. The Balaban J connectivity index is 1.30. The van der Waals surface area contributed by atoms with E-state index in [2.05, 4.69) is 43.7 Å². The van der Waals surface area contributed by atoms with E-state index in [1.54, 1.807) is 0 Å². The lowest BCUT2D eigenvalue weighted by atomic mass is 10.1. The largest absolute Gasteiger partial charge is 0.336 e. The minimum Gasteiger partial charge on any atom is -0.336 e. The zero-order chi connectivity index (χ0) is 18.9. The van der Waals surface area contributed by atoms with Gasteiger partial charge in [0.1, 0.15) is 5.82 Å². The number of nitrogens with one attached hydrogen (secondary N) is 1. The van der Waals surface area contributed by atoms with Crippen molar-refractivity contribution in [3.63, 3.8) is 0 Å². The Labute approximate surface area is 164 Å². The van der Waals surface area contributed by atoms with Gasteiger partial charge in [-0.2, -0.15) is 0 Å². The monoisotopic (exact) mass is 375 g/mol. The second-order valence-corrected chi connectivity index (χ2v) is 7.92. The van der Waals surface area contributed by atoms with Crippen LogP contribution in [0.3, 0.4) is 0 Å². The molecule has 1 N–H and O–H groups in total. The number of aryl methyl sites for hydroxylation is 1. The molecule has 0 bridgehead atoms. The van der Waals surface area contributed by atoms with E-state index in [4.69, 9.17) is 4.98 Å². The van der Waals surface area contributed by atoms with Crippen LogP contribution in [0.2, 0.25) is 0 Å². The number of hydrogen-bond acceptors (Lipinski definition) is 4. The van der Waals surface area contributed by atoms with Crippen molar-refractivity contribution >= 4 is 0 Å². The summed E-state index contributed by atoms with van der Waals surface area (Å²) < 4.78 is 2.17. The second-order valence-electron chi connectivity index (χ2n) is 7.92. The van der Waals surface area contributed by atoms with E-state index in [9.17, 15) is 4.79 Å². The molecule has 1 aliphatic heterocycles. The summed E-state index contributed by atoms with van der Waals surface area (Å²) in [5.74, 6) is 0.691. The van der Waals surface area contributed by atoms with Crippen molar-refractivity contribution in [2.24, 2.45) is 0 Å². The van der Waals surface area contributed by atoms with Gasteiger partial charge in [-0.25, -0.2) is 9.97 Å². The summed E-state index contributed by atoms with van der Waals surface area (Å²) in [6.07, 6.45) is 11.1. The van der Waals surface area contributed by atoms with Crippen LogP contribution in [0, 0.1) is 0 Å². The molecule has 1 aromatic carbocycles. The van der Waals surface area contributed by atoms with E-state index in [-0.39, 0.29) is 5.56 Å². The summed E-state index contributed by atoms with van der Waals surface area (Å²) in [5.41, 5.74) is 4.15. The molecule has 5 rings (SSSR count). The molecular formula is C22H25N5O. The van der Waals surface area contributed by atoms with Crippen molar-refractivity contribution in [1.29, 1.82) is 0 Å². The molecule has 0 radical (unpaired) electrons. The Morgan fingerprint density at radius 3 is 2.86 bits per heavy atom. The van der Waals surface area contributed by atoms with E-state index in [0.29, 0.717) is 11.9 Å². The molecule has 3 heterocycles. The van der Waals surface area contributed by atoms with Gasteiger partial charge in [-0.15, -0.1) is 0 Å². The van der Waals surface area contributed by atoms with Crippen LogP contribution in [-0.4, -0.2) is 37.0 Å². The Kier molecular flexibility index (Phi) is 4.56. The van der Waals surface area contributed by atoms with Crippen molar-refractivity contribution in [3.8, 4) is 11.4 Å². The first kappa shape index (κ1) is 17.4. The first-order valence-electron chi connectivity index (χ1n) is 10.2. The Morgan fingerprint density at radius 1 is 1.14 bits per heavy atom. The zero-order valence-corrected chi connectivity index (χ0v) is 16.0. The van der Waals surface area contributed by atoms with Crippen LogP contribution >= 0.6 is 0 Å². The Hall–Kier alpha value is -2.73. The number of rotatable bonds is 5. The fourth-order valence-corrected chi connectivity index (χ4v) is 4.53. The number of H-pyrrole nitrogens is 1. The number of likely N-dealkylation sites (tertiary alicyclic amines) is 1. The average molecular weight is 375 g/mol. The van der Waals surface area contributed by atoms with Gasteiger partial charge in [0.15, 0.2) is 0 Å². The van der Waals surface area contributed by atoms with Gasteiger partial charge in [-0.1, -0.05) is 24.3 Å². The predicted octanol–water partition coefficient (Wildman–Crippen LogP) is 2.79. The van der Waals surface area contributed by atoms with Crippen molar-refractivity contribution in [2.45, 2.75) is 51.2 Å². The molecule has 1 atom stereocenters. The average Bonchev–Trinajstić information content (AvgIpc) is 3.46. The van der Waals surface area contributed by atoms with Crippen molar-refractivity contribution in [1.82, 2.24) is 24.4 Å². The highest BCUT2D eigenvalue weighted by atomic mass is 16.1. The molecule has 0 spiro atoms. The quantitative estimate of drug-likeness (QED) is 0.745. The van der Waals surface area contributed by atoms with E-state index >= 15 is 0 Å². The van der Waals surface area contributed by atoms with Gasteiger partial charge in [0.25, 0.3) is 5.56 Å². The lowest BCUT2D eigenvalue weighted by Crippen LogP contribution is -2.32. The first-order valence-corrected chi connectivity index (χ1v) is 10.2. The standard InChI is InChI=1S/C22H25N5O/c28-22-19-4-1-5-20(19)24-21(25-22)17-8-6-16(7-9-17)13-27-11-2-3-18(27)14-26-12-10-23-15-26/h6-10,12,15,18H,1-5,11,13-14H2,(H,24,25,28). The first-order chi connectivity index (χ1) is 13.8. The maximum absolute atomic E-state index is 12.3. The van der Waals surface area contributed by atoms with Crippen molar-refractivity contribution in [3.05, 3.63) is 70.2 Å². The third-order valence-corrected chi connectivity index (χ3v) is 6.03. The Bertz CT molecular complexity index is 1010. The summed E-state index contributed by atoms with van der Waals surface area (Å²) in [7, 11) is 0. The second kappa shape index (κ2) is 7.36. The highest BCUT2D eigenvalue weighted by Crippen LogP contribution is 2.24. The van der Waals surface area contributed by atoms with E-state index in [1.165, 1.54) is 18.4 Å². The highest BCUT2D eigenvalue weighted by molar-refractivity contribution is 5.55. The topological polar surface area (TPSA) is 66.8 Å². The molecule has 1 fully saturated rings. The maximum atomic E-state index is 12.3. The van der Waals surface area contributed by atoms with Crippen LogP contribution in [0.1, 0.15) is 36.1 Å². The summed E-state index contributed by atoms with van der Waals surface area (Å²) in [4.78, 5) is 26.6. The van der Waals surface area contributed by atoms with Gasteiger partial charge in [0.05, 0.1) is 12.0 Å². The van der Waals surface area contributed by atoms with Gasteiger partial charge in [0, 0.05) is 42.7 Å². The minimum atomic E-state index is 0.0287. The Morgan fingerprint density at radius 2 is 2.04 bits per heavy atom. The van der Waals surface area contributed by atoms with Crippen LogP contribution in [0.5, 0.6) is 0 Å². The number of nitrogens with zero attached hydrogens (tertiary/aromatic N) is 4. The normalized spacial score (nSPS) is 19.2. The number of aromatic nitrogens is 4. The lowest BCUT2D eigenvalue weighted by Gasteiger charge is -2.25. The van der Waals surface area contributed by atoms with Gasteiger partial charge < -0.3 is 9.55 Å². The zero-order valence-electron chi connectivity index (χ0n) is 16.0. The molecule has 144 valence electrons. The van der Waals surface area contributed by atoms with E-state index in [1.807, 2.05) is 18.7 Å². The van der Waals surface area contributed by atoms with Crippen LogP contribution < -0.4 is 5.56 Å². The van der Waals surface area contributed by atoms with Crippen molar-refractivity contribution in [2.75, 3.05) is 6.54 Å². The number of hydrogen-bond donors (Lipinski definition) is 1. The number of fused-ring (bicyclic) bond motifs is 1. The fourth-order valence-electron chi connectivity index (χ4n) is 4.53. The molecule has 3 aromatic rings. The summed E-state index contributed by atoms with van der Waals surface area (Å²) in [6, 6.07) is 9.04. The third kappa shape index (κ3) is 3.40. The van der Waals surface area contributed by atoms with Crippen LogP contribution in [0.4, 0.5) is 0 Å². The van der Waals surface area contributed by atoms with Crippen LogP contribution in [-0.2, 0) is 25.9 Å². The number of imidazole rings is 1.